The van der Waals surface area contributed by atoms with Gasteiger partial charge in [0.2, 0.25) is 0 Å². The number of aromatic nitrogens is 2. The van der Waals surface area contributed by atoms with Gasteiger partial charge in [0.05, 0.1) is 23.5 Å². The van der Waals surface area contributed by atoms with Gasteiger partial charge in [0, 0.05) is 5.02 Å². The molecule has 4 nitrogen and oxygen atoms in total. The SMILES string of the molecule is C#CC(C)NCc1nc2cc(Cl)ccc2c(=O)[nH]1. The highest BCUT2D eigenvalue weighted by molar-refractivity contribution is 6.31. The zero-order chi connectivity index (χ0) is 13.1. The first kappa shape index (κ1) is 12.6. The lowest BCUT2D eigenvalue weighted by molar-refractivity contribution is 0.625. The predicted octanol–water partition coefficient (Wildman–Crippen LogP) is 1.69. The lowest BCUT2D eigenvalue weighted by atomic mass is 10.2. The highest BCUT2D eigenvalue weighted by Gasteiger charge is 2.05. The molecule has 0 spiro atoms. The first-order valence-electron chi connectivity index (χ1n) is 5.48. The van der Waals surface area contributed by atoms with Crippen LogP contribution in [-0.4, -0.2) is 16.0 Å². The lowest BCUT2D eigenvalue weighted by Gasteiger charge is -2.07. The van der Waals surface area contributed by atoms with Gasteiger partial charge in [-0.1, -0.05) is 17.5 Å². The number of halogens is 1. The summed E-state index contributed by atoms with van der Waals surface area (Å²) in [5.41, 5.74) is 0.401. The second kappa shape index (κ2) is 5.21. The Morgan fingerprint density at radius 3 is 3.11 bits per heavy atom. The van der Waals surface area contributed by atoms with E-state index in [9.17, 15) is 4.79 Å². The Morgan fingerprint density at radius 2 is 2.39 bits per heavy atom. The molecule has 18 heavy (non-hydrogen) atoms. The predicted molar refractivity (Wildman–Crippen MR) is 72.5 cm³/mol. The zero-order valence-electron chi connectivity index (χ0n) is 9.83. The Labute approximate surface area is 109 Å². The van der Waals surface area contributed by atoms with Crippen LogP contribution in [0.5, 0.6) is 0 Å². The largest absolute Gasteiger partial charge is 0.309 e. The Morgan fingerprint density at radius 1 is 1.61 bits per heavy atom. The highest BCUT2D eigenvalue weighted by atomic mass is 35.5. The van der Waals surface area contributed by atoms with Crippen molar-refractivity contribution in [1.29, 1.82) is 0 Å². The first-order valence-corrected chi connectivity index (χ1v) is 5.86. The van der Waals surface area contributed by atoms with Gasteiger partial charge in [-0.3, -0.25) is 10.1 Å². The van der Waals surface area contributed by atoms with E-state index in [0.717, 1.165) is 0 Å². The van der Waals surface area contributed by atoms with Crippen molar-refractivity contribution >= 4 is 22.5 Å². The standard InChI is InChI=1S/C13H12ClN3O/c1-3-8(2)15-7-12-16-11-6-9(14)4-5-10(11)13(18)17-12/h1,4-6,8,15H,7H2,2H3,(H,16,17,18). The van der Waals surface area contributed by atoms with Gasteiger partial charge in [0.25, 0.3) is 5.56 Å². The quantitative estimate of drug-likeness (QED) is 0.827. The summed E-state index contributed by atoms with van der Waals surface area (Å²) < 4.78 is 0. The minimum absolute atomic E-state index is 0.0784. The summed E-state index contributed by atoms with van der Waals surface area (Å²) in [6.45, 7) is 2.26. The monoisotopic (exact) mass is 261 g/mol. The molecular weight excluding hydrogens is 250 g/mol. The molecule has 2 aromatic rings. The Balaban J connectivity index is 2.36. The number of hydrogen-bond acceptors (Lipinski definition) is 3. The van der Waals surface area contributed by atoms with Gasteiger partial charge < -0.3 is 4.98 Å². The van der Waals surface area contributed by atoms with Crippen molar-refractivity contribution in [3.05, 3.63) is 39.4 Å². The van der Waals surface area contributed by atoms with Gasteiger partial charge in [0.1, 0.15) is 5.82 Å². The summed E-state index contributed by atoms with van der Waals surface area (Å²) in [6, 6.07) is 4.91. The molecule has 0 radical (unpaired) electrons. The van der Waals surface area contributed by atoms with Crippen LogP contribution in [0.3, 0.4) is 0 Å². The first-order chi connectivity index (χ1) is 8.60. The maximum atomic E-state index is 11.8. The molecule has 5 heteroatoms. The molecule has 0 saturated heterocycles. The smallest absolute Gasteiger partial charge is 0.258 e. The summed E-state index contributed by atoms with van der Waals surface area (Å²) >= 11 is 5.88. The topological polar surface area (TPSA) is 57.8 Å². The van der Waals surface area contributed by atoms with Gasteiger partial charge in [-0.05, 0) is 25.1 Å². The fourth-order valence-corrected chi connectivity index (χ4v) is 1.72. The van der Waals surface area contributed by atoms with E-state index in [4.69, 9.17) is 18.0 Å². The minimum Gasteiger partial charge on any atom is -0.309 e. The summed E-state index contributed by atoms with van der Waals surface area (Å²) in [5.74, 6) is 3.08. The number of fused-ring (bicyclic) bond motifs is 1. The number of terminal acetylenes is 1. The van der Waals surface area contributed by atoms with Crippen molar-refractivity contribution in [3.63, 3.8) is 0 Å². The van der Waals surface area contributed by atoms with Gasteiger partial charge in [-0.25, -0.2) is 4.98 Å². The molecule has 1 atom stereocenters. The fourth-order valence-electron chi connectivity index (χ4n) is 1.55. The summed E-state index contributed by atoms with van der Waals surface area (Å²) in [7, 11) is 0. The third-order valence-electron chi connectivity index (χ3n) is 2.54. The van der Waals surface area contributed by atoms with Crippen molar-refractivity contribution in [1.82, 2.24) is 15.3 Å². The minimum atomic E-state index is -0.179. The van der Waals surface area contributed by atoms with E-state index in [2.05, 4.69) is 21.2 Å². The third-order valence-corrected chi connectivity index (χ3v) is 2.78. The molecule has 0 aliphatic rings. The van der Waals surface area contributed by atoms with Crippen LogP contribution < -0.4 is 10.9 Å². The number of nitrogens with zero attached hydrogens (tertiary/aromatic N) is 1. The molecule has 1 aromatic heterocycles. The maximum absolute atomic E-state index is 11.8. The molecule has 92 valence electrons. The second-order valence-corrected chi connectivity index (χ2v) is 4.38. The summed E-state index contributed by atoms with van der Waals surface area (Å²) in [4.78, 5) is 18.9. The van der Waals surface area contributed by atoms with Crippen LogP contribution in [0, 0.1) is 12.3 Å². The fraction of sp³-hybridized carbons (Fsp3) is 0.231. The van der Waals surface area contributed by atoms with E-state index in [1.165, 1.54) is 0 Å². The van der Waals surface area contributed by atoms with Crippen molar-refractivity contribution in [2.45, 2.75) is 19.5 Å². The van der Waals surface area contributed by atoms with Crippen LogP contribution in [0.2, 0.25) is 5.02 Å². The number of hydrogen-bond donors (Lipinski definition) is 2. The van der Waals surface area contributed by atoms with Crippen LogP contribution in [0.25, 0.3) is 10.9 Å². The van der Waals surface area contributed by atoms with Crippen LogP contribution >= 0.6 is 11.6 Å². The molecule has 0 bridgehead atoms. The molecule has 0 aliphatic carbocycles. The Kier molecular flexibility index (Phi) is 3.66. The van der Waals surface area contributed by atoms with Gasteiger partial charge in [-0.15, -0.1) is 6.42 Å². The van der Waals surface area contributed by atoms with Crippen molar-refractivity contribution in [3.8, 4) is 12.3 Å². The molecule has 1 aromatic carbocycles. The number of benzene rings is 1. The highest BCUT2D eigenvalue weighted by Crippen LogP contribution is 2.14. The normalized spacial score (nSPS) is 12.3. The van der Waals surface area contributed by atoms with E-state index < -0.39 is 0 Å². The van der Waals surface area contributed by atoms with Crippen LogP contribution in [0.4, 0.5) is 0 Å². The molecule has 1 heterocycles. The number of H-pyrrole nitrogens is 1. The molecular formula is C13H12ClN3O. The van der Waals surface area contributed by atoms with Crippen LogP contribution in [0.1, 0.15) is 12.7 Å². The van der Waals surface area contributed by atoms with Gasteiger partial charge in [0.15, 0.2) is 0 Å². The molecule has 1 unspecified atom stereocenters. The molecule has 0 amide bonds. The number of rotatable bonds is 3. The Hall–Kier alpha value is -1.83. The van der Waals surface area contributed by atoms with E-state index in [1.807, 2.05) is 6.92 Å². The van der Waals surface area contributed by atoms with E-state index in [0.29, 0.717) is 28.3 Å². The summed E-state index contributed by atoms with van der Waals surface area (Å²) in [6.07, 6.45) is 5.25. The van der Waals surface area contributed by atoms with Gasteiger partial charge >= 0.3 is 0 Å². The van der Waals surface area contributed by atoms with Crippen LogP contribution in [-0.2, 0) is 6.54 Å². The summed E-state index contributed by atoms with van der Waals surface area (Å²) in [5, 5.41) is 4.13. The third kappa shape index (κ3) is 2.70. The second-order valence-electron chi connectivity index (χ2n) is 3.94. The number of aromatic amines is 1. The van der Waals surface area contributed by atoms with Crippen molar-refractivity contribution in [2.24, 2.45) is 0 Å². The maximum Gasteiger partial charge on any atom is 0.258 e. The lowest BCUT2D eigenvalue weighted by Crippen LogP contribution is -2.26. The molecule has 0 aliphatic heterocycles. The van der Waals surface area contributed by atoms with Gasteiger partial charge in [-0.2, -0.15) is 0 Å². The Bertz CT molecular complexity index is 672. The zero-order valence-corrected chi connectivity index (χ0v) is 10.6. The molecule has 0 saturated carbocycles. The van der Waals surface area contributed by atoms with E-state index in [-0.39, 0.29) is 11.6 Å². The van der Waals surface area contributed by atoms with Crippen LogP contribution in [0.15, 0.2) is 23.0 Å². The van der Waals surface area contributed by atoms with Crippen molar-refractivity contribution < 1.29 is 0 Å². The molecule has 2 rings (SSSR count). The number of nitrogens with one attached hydrogen (secondary N) is 2. The molecule has 0 fully saturated rings. The van der Waals surface area contributed by atoms with E-state index >= 15 is 0 Å². The van der Waals surface area contributed by atoms with Crippen molar-refractivity contribution in [2.75, 3.05) is 0 Å². The van der Waals surface area contributed by atoms with E-state index in [1.54, 1.807) is 18.2 Å². The average Bonchev–Trinajstić information content (AvgIpc) is 2.35. The molecule has 2 N–H and O–H groups in total. The average molecular weight is 262 g/mol.